The summed E-state index contributed by atoms with van der Waals surface area (Å²) in [7, 11) is 1.62. The predicted octanol–water partition coefficient (Wildman–Crippen LogP) is 2.75. The molecule has 6 nitrogen and oxygen atoms in total. The van der Waals surface area contributed by atoms with Gasteiger partial charge in [0.2, 0.25) is 5.88 Å². The molecule has 0 bridgehead atoms. The maximum absolute atomic E-state index is 12.3. The minimum Gasteiger partial charge on any atom is -0.468 e. The first-order valence-electron chi connectivity index (χ1n) is 8.47. The van der Waals surface area contributed by atoms with Gasteiger partial charge in [-0.1, -0.05) is 19.9 Å². The molecule has 0 saturated heterocycles. The SMILES string of the molecule is CN=C(NCCCOCC(C)C)NCc1cccnc1OCC(F)(F)F. The van der Waals surface area contributed by atoms with Gasteiger partial charge in [0.1, 0.15) is 0 Å². The standard InChI is InChI=1S/C17H27F3N4O2/c1-13(2)11-25-9-5-8-23-16(21-3)24-10-14-6-4-7-22-15(14)26-12-17(18,19)20/h4,6-7,13H,5,8-12H2,1-3H3,(H2,21,23,24). The van der Waals surface area contributed by atoms with Gasteiger partial charge in [0.05, 0.1) is 0 Å². The van der Waals surface area contributed by atoms with Crippen LogP contribution in [-0.2, 0) is 11.3 Å². The summed E-state index contributed by atoms with van der Waals surface area (Å²) >= 11 is 0. The highest BCUT2D eigenvalue weighted by Gasteiger charge is 2.29. The van der Waals surface area contributed by atoms with E-state index in [1.807, 2.05) is 0 Å². The van der Waals surface area contributed by atoms with Crippen LogP contribution in [0.3, 0.4) is 0 Å². The number of nitrogens with zero attached hydrogens (tertiary/aromatic N) is 2. The minimum absolute atomic E-state index is 0.0464. The summed E-state index contributed by atoms with van der Waals surface area (Å²) in [5.41, 5.74) is 0.514. The van der Waals surface area contributed by atoms with Crippen molar-refractivity contribution in [1.82, 2.24) is 15.6 Å². The predicted molar refractivity (Wildman–Crippen MR) is 94.3 cm³/mol. The summed E-state index contributed by atoms with van der Waals surface area (Å²) in [4.78, 5) is 7.93. The lowest BCUT2D eigenvalue weighted by atomic mass is 10.2. The quantitative estimate of drug-likeness (QED) is 0.373. The molecule has 1 aromatic heterocycles. The topological polar surface area (TPSA) is 67.8 Å². The molecule has 0 amide bonds. The van der Waals surface area contributed by atoms with Crippen molar-refractivity contribution in [3.8, 4) is 5.88 Å². The molecule has 0 aliphatic heterocycles. The second-order valence-electron chi connectivity index (χ2n) is 6.05. The third-order valence-corrected chi connectivity index (χ3v) is 3.10. The largest absolute Gasteiger partial charge is 0.468 e. The average molecular weight is 376 g/mol. The van der Waals surface area contributed by atoms with E-state index in [4.69, 9.17) is 9.47 Å². The molecule has 0 radical (unpaired) electrons. The zero-order chi connectivity index (χ0) is 19.4. The monoisotopic (exact) mass is 376 g/mol. The zero-order valence-electron chi connectivity index (χ0n) is 15.4. The van der Waals surface area contributed by atoms with Crippen molar-refractivity contribution in [2.75, 3.05) is 33.4 Å². The second kappa shape index (κ2) is 11.6. The lowest BCUT2D eigenvalue weighted by molar-refractivity contribution is -0.154. The summed E-state index contributed by atoms with van der Waals surface area (Å²) in [6.45, 7) is 5.10. The van der Waals surface area contributed by atoms with Gasteiger partial charge < -0.3 is 20.1 Å². The number of halogens is 3. The van der Waals surface area contributed by atoms with Crippen LogP contribution in [0.2, 0.25) is 0 Å². The van der Waals surface area contributed by atoms with Gasteiger partial charge in [0, 0.05) is 45.1 Å². The molecule has 2 N–H and O–H groups in total. The maximum atomic E-state index is 12.3. The smallest absolute Gasteiger partial charge is 0.422 e. The van der Waals surface area contributed by atoms with E-state index in [2.05, 4.69) is 34.5 Å². The fraction of sp³-hybridized carbons (Fsp3) is 0.647. The van der Waals surface area contributed by atoms with Crippen LogP contribution in [0.1, 0.15) is 25.8 Å². The number of nitrogens with one attached hydrogen (secondary N) is 2. The summed E-state index contributed by atoms with van der Waals surface area (Å²) in [5, 5.41) is 6.15. The summed E-state index contributed by atoms with van der Waals surface area (Å²) in [6, 6.07) is 3.29. The Morgan fingerprint density at radius 2 is 2.08 bits per heavy atom. The number of rotatable bonds is 10. The summed E-state index contributed by atoms with van der Waals surface area (Å²) < 4.78 is 47.2. The van der Waals surface area contributed by atoms with Gasteiger partial charge in [-0.25, -0.2) is 4.98 Å². The third kappa shape index (κ3) is 10.1. The maximum Gasteiger partial charge on any atom is 0.422 e. The molecule has 0 saturated carbocycles. The van der Waals surface area contributed by atoms with E-state index in [0.29, 0.717) is 30.6 Å². The molecule has 0 aromatic carbocycles. The van der Waals surface area contributed by atoms with Crippen molar-refractivity contribution in [1.29, 1.82) is 0 Å². The molecule has 0 aliphatic rings. The molecule has 0 unspecified atom stereocenters. The Balaban J connectivity index is 2.39. The van der Waals surface area contributed by atoms with Crippen LogP contribution in [-0.4, -0.2) is 50.5 Å². The van der Waals surface area contributed by atoms with Crippen LogP contribution >= 0.6 is 0 Å². The van der Waals surface area contributed by atoms with Crippen molar-refractivity contribution in [2.24, 2.45) is 10.9 Å². The van der Waals surface area contributed by atoms with Crippen molar-refractivity contribution < 1.29 is 22.6 Å². The highest BCUT2D eigenvalue weighted by Crippen LogP contribution is 2.19. The van der Waals surface area contributed by atoms with E-state index in [1.54, 1.807) is 19.2 Å². The Bertz CT molecular complexity index is 551. The normalized spacial score (nSPS) is 12.3. The van der Waals surface area contributed by atoms with Gasteiger partial charge in [-0.3, -0.25) is 4.99 Å². The molecule has 148 valence electrons. The molecule has 26 heavy (non-hydrogen) atoms. The van der Waals surface area contributed by atoms with Crippen molar-refractivity contribution >= 4 is 5.96 Å². The first kappa shape index (κ1) is 22.0. The van der Waals surface area contributed by atoms with Gasteiger partial charge in [-0.05, 0) is 18.4 Å². The van der Waals surface area contributed by atoms with Gasteiger partial charge in [-0.2, -0.15) is 13.2 Å². The first-order chi connectivity index (χ1) is 12.3. The fourth-order valence-corrected chi connectivity index (χ4v) is 1.94. The van der Waals surface area contributed by atoms with Crippen LogP contribution in [0, 0.1) is 5.92 Å². The van der Waals surface area contributed by atoms with Crippen molar-refractivity contribution in [3.63, 3.8) is 0 Å². The molecular weight excluding hydrogens is 349 g/mol. The number of guanidine groups is 1. The Hall–Kier alpha value is -2.03. The van der Waals surface area contributed by atoms with Gasteiger partial charge >= 0.3 is 6.18 Å². The summed E-state index contributed by atoms with van der Waals surface area (Å²) in [5.74, 6) is 1.000. The number of alkyl halides is 3. The molecule has 1 aromatic rings. The zero-order valence-corrected chi connectivity index (χ0v) is 15.4. The van der Waals surface area contributed by atoms with Crippen molar-refractivity contribution in [3.05, 3.63) is 23.9 Å². The van der Waals surface area contributed by atoms with Gasteiger partial charge in [0.25, 0.3) is 0 Å². The number of hydrogen-bond donors (Lipinski definition) is 2. The van der Waals surface area contributed by atoms with E-state index >= 15 is 0 Å². The molecule has 0 spiro atoms. The van der Waals surface area contributed by atoms with E-state index in [0.717, 1.165) is 13.0 Å². The molecule has 9 heteroatoms. The average Bonchev–Trinajstić information content (AvgIpc) is 2.58. The Labute approximate surface area is 152 Å². The number of aliphatic imine (C=N–C) groups is 1. The Morgan fingerprint density at radius 1 is 1.31 bits per heavy atom. The Morgan fingerprint density at radius 3 is 2.73 bits per heavy atom. The van der Waals surface area contributed by atoms with E-state index in [-0.39, 0.29) is 12.4 Å². The minimum atomic E-state index is -4.41. The molecule has 1 rings (SSSR count). The van der Waals surface area contributed by atoms with Crippen LogP contribution < -0.4 is 15.4 Å². The first-order valence-corrected chi connectivity index (χ1v) is 8.47. The van der Waals surface area contributed by atoms with Gasteiger partial charge in [-0.15, -0.1) is 0 Å². The molecule has 1 heterocycles. The van der Waals surface area contributed by atoms with Crippen LogP contribution in [0.4, 0.5) is 13.2 Å². The van der Waals surface area contributed by atoms with Crippen molar-refractivity contribution in [2.45, 2.75) is 33.0 Å². The molecule has 0 aliphatic carbocycles. The highest BCUT2D eigenvalue weighted by atomic mass is 19.4. The Kier molecular flexibility index (Phi) is 9.79. The number of pyridine rings is 1. The number of hydrogen-bond acceptors (Lipinski definition) is 4. The van der Waals surface area contributed by atoms with E-state index < -0.39 is 12.8 Å². The molecule has 0 fully saturated rings. The van der Waals surface area contributed by atoms with Crippen LogP contribution in [0.15, 0.2) is 23.3 Å². The fourth-order valence-electron chi connectivity index (χ4n) is 1.94. The second-order valence-corrected chi connectivity index (χ2v) is 6.05. The lowest BCUT2D eigenvalue weighted by Crippen LogP contribution is -2.37. The van der Waals surface area contributed by atoms with Crippen LogP contribution in [0.25, 0.3) is 0 Å². The lowest BCUT2D eigenvalue weighted by Gasteiger charge is -2.15. The van der Waals surface area contributed by atoms with Gasteiger partial charge in [0.15, 0.2) is 12.6 Å². The molecule has 0 atom stereocenters. The highest BCUT2D eigenvalue weighted by molar-refractivity contribution is 5.79. The molecular formula is C17H27F3N4O2. The number of ether oxygens (including phenoxy) is 2. The third-order valence-electron chi connectivity index (χ3n) is 3.10. The van der Waals surface area contributed by atoms with E-state index in [9.17, 15) is 13.2 Å². The number of aromatic nitrogens is 1. The van der Waals surface area contributed by atoms with Crippen LogP contribution in [0.5, 0.6) is 5.88 Å². The summed E-state index contributed by atoms with van der Waals surface area (Å²) in [6.07, 6.45) is -2.20. The van der Waals surface area contributed by atoms with E-state index in [1.165, 1.54) is 6.20 Å².